The number of rotatable bonds is 7. The van der Waals surface area contributed by atoms with E-state index >= 15 is 0 Å². The summed E-state index contributed by atoms with van der Waals surface area (Å²) in [4.78, 5) is 16.0. The molecular formula is C14H16BrN5O2S2. The first-order valence-corrected chi connectivity index (χ1v) is 10.0. The van der Waals surface area contributed by atoms with Gasteiger partial charge >= 0.3 is 0 Å². The number of thioether (sulfide) groups is 1. The fourth-order valence-corrected chi connectivity index (χ4v) is 3.90. The second-order valence-electron chi connectivity index (χ2n) is 5.09. The number of carbonyl (C=O) groups is 1. The third-order valence-electron chi connectivity index (χ3n) is 3.23. The second-order valence-corrected chi connectivity index (χ2v) is 8.20. The first kappa shape index (κ1) is 17.6. The highest BCUT2D eigenvalue weighted by atomic mass is 79.9. The van der Waals surface area contributed by atoms with Gasteiger partial charge in [0.1, 0.15) is 5.82 Å². The summed E-state index contributed by atoms with van der Waals surface area (Å²) in [6.45, 7) is 1.58. The van der Waals surface area contributed by atoms with Crippen LogP contribution >= 0.6 is 39.0 Å². The average molecular weight is 430 g/mol. The van der Waals surface area contributed by atoms with Gasteiger partial charge in [0.2, 0.25) is 11.0 Å². The lowest BCUT2D eigenvalue weighted by Crippen LogP contribution is -2.18. The summed E-state index contributed by atoms with van der Waals surface area (Å²) < 4.78 is 7.17. The van der Waals surface area contributed by atoms with Gasteiger partial charge in [-0.1, -0.05) is 23.1 Å². The van der Waals surface area contributed by atoms with Crippen LogP contribution in [-0.2, 0) is 9.53 Å². The number of nitrogens with one attached hydrogen (secondary N) is 2. The highest BCUT2D eigenvalue weighted by molar-refractivity contribution is 9.10. The van der Waals surface area contributed by atoms with Crippen molar-refractivity contribution in [1.82, 2.24) is 15.2 Å². The molecule has 2 aromatic rings. The fraction of sp³-hybridized carbons (Fsp3) is 0.429. The molecule has 1 unspecified atom stereocenters. The molecule has 3 heterocycles. The summed E-state index contributed by atoms with van der Waals surface area (Å²) in [6.07, 6.45) is 4.09. The Hall–Kier alpha value is -1.23. The summed E-state index contributed by atoms with van der Waals surface area (Å²) in [5.41, 5.74) is 0. The second kappa shape index (κ2) is 8.75. The van der Waals surface area contributed by atoms with Crippen molar-refractivity contribution < 1.29 is 9.53 Å². The maximum Gasteiger partial charge on any atom is 0.235 e. The molecule has 0 bridgehead atoms. The van der Waals surface area contributed by atoms with Gasteiger partial charge in [0.15, 0.2) is 4.34 Å². The van der Waals surface area contributed by atoms with Crippen LogP contribution in [0.3, 0.4) is 0 Å². The Morgan fingerprint density at radius 3 is 3.12 bits per heavy atom. The summed E-state index contributed by atoms with van der Waals surface area (Å²) >= 11 is 6.10. The first-order chi connectivity index (χ1) is 11.7. The predicted octanol–water partition coefficient (Wildman–Crippen LogP) is 3.02. The molecule has 7 nitrogen and oxygen atoms in total. The van der Waals surface area contributed by atoms with Crippen LogP contribution in [-0.4, -0.2) is 46.1 Å². The highest BCUT2D eigenvalue weighted by Crippen LogP contribution is 2.26. The van der Waals surface area contributed by atoms with Crippen LogP contribution in [0.1, 0.15) is 12.8 Å². The van der Waals surface area contributed by atoms with E-state index in [0.717, 1.165) is 39.9 Å². The van der Waals surface area contributed by atoms with Gasteiger partial charge in [0.25, 0.3) is 0 Å². The molecule has 0 saturated carbocycles. The van der Waals surface area contributed by atoms with Crippen molar-refractivity contribution in [1.29, 1.82) is 0 Å². The number of ether oxygens (including phenoxy) is 1. The molecule has 10 heteroatoms. The number of hydrogen-bond acceptors (Lipinski definition) is 8. The molecule has 0 aromatic carbocycles. The molecule has 1 aliphatic heterocycles. The molecule has 1 fully saturated rings. The lowest BCUT2D eigenvalue weighted by Gasteiger charge is -2.08. The van der Waals surface area contributed by atoms with Crippen LogP contribution < -0.4 is 10.6 Å². The Labute approximate surface area is 156 Å². The smallest absolute Gasteiger partial charge is 0.235 e. The van der Waals surface area contributed by atoms with Crippen molar-refractivity contribution in [2.75, 3.05) is 29.5 Å². The molecule has 0 spiro atoms. The van der Waals surface area contributed by atoms with E-state index in [-0.39, 0.29) is 17.8 Å². The van der Waals surface area contributed by atoms with E-state index in [1.165, 1.54) is 23.1 Å². The molecule has 1 atom stereocenters. The van der Waals surface area contributed by atoms with Crippen molar-refractivity contribution in [3.8, 4) is 0 Å². The van der Waals surface area contributed by atoms with Crippen molar-refractivity contribution in [2.24, 2.45) is 0 Å². The SMILES string of the molecule is O=C(CSc1nnc(NCC2CCCO2)s1)Nc1ccc(Br)cn1. The summed E-state index contributed by atoms with van der Waals surface area (Å²) in [7, 11) is 0. The Morgan fingerprint density at radius 2 is 2.38 bits per heavy atom. The van der Waals surface area contributed by atoms with E-state index in [9.17, 15) is 4.79 Å². The molecule has 0 radical (unpaired) electrons. The Kier molecular flexibility index (Phi) is 6.41. The zero-order valence-corrected chi connectivity index (χ0v) is 15.9. The van der Waals surface area contributed by atoms with Crippen molar-refractivity contribution in [2.45, 2.75) is 23.3 Å². The lowest BCUT2D eigenvalue weighted by molar-refractivity contribution is -0.113. The number of pyridine rings is 1. The van der Waals surface area contributed by atoms with Crippen LogP contribution in [0.25, 0.3) is 0 Å². The topological polar surface area (TPSA) is 89.0 Å². The van der Waals surface area contributed by atoms with E-state index in [1.807, 2.05) is 6.07 Å². The minimum absolute atomic E-state index is 0.126. The minimum Gasteiger partial charge on any atom is -0.376 e. The summed E-state index contributed by atoms with van der Waals surface area (Å²) in [5, 5.41) is 14.9. The average Bonchev–Trinajstić information content (AvgIpc) is 3.25. The van der Waals surface area contributed by atoms with Crippen LogP contribution in [0.2, 0.25) is 0 Å². The van der Waals surface area contributed by atoms with Gasteiger partial charge in [0.05, 0.1) is 11.9 Å². The van der Waals surface area contributed by atoms with E-state index in [2.05, 4.69) is 41.7 Å². The van der Waals surface area contributed by atoms with Gasteiger partial charge in [-0.15, -0.1) is 10.2 Å². The third-order valence-corrected chi connectivity index (χ3v) is 5.72. The summed E-state index contributed by atoms with van der Waals surface area (Å²) in [6, 6.07) is 3.57. The van der Waals surface area contributed by atoms with Gasteiger partial charge in [-0.2, -0.15) is 0 Å². The molecule has 1 amide bonds. The zero-order valence-electron chi connectivity index (χ0n) is 12.7. The zero-order chi connectivity index (χ0) is 16.8. The van der Waals surface area contributed by atoms with E-state index in [0.29, 0.717) is 5.82 Å². The van der Waals surface area contributed by atoms with E-state index < -0.39 is 0 Å². The van der Waals surface area contributed by atoms with Crippen LogP contribution in [0.5, 0.6) is 0 Å². The van der Waals surface area contributed by atoms with E-state index in [1.54, 1.807) is 12.3 Å². The van der Waals surface area contributed by atoms with Gasteiger partial charge < -0.3 is 15.4 Å². The van der Waals surface area contributed by atoms with E-state index in [4.69, 9.17) is 4.74 Å². The standard InChI is InChI=1S/C14H16BrN5O2S2/c15-9-3-4-11(16-6-9)18-12(21)8-23-14-20-19-13(24-14)17-7-10-2-1-5-22-10/h3-4,6,10H,1-2,5,7-8H2,(H,17,19)(H,16,18,21). The number of halogens is 1. The quantitative estimate of drug-likeness (QED) is 0.653. The molecule has 1 saturated heterocycles. The maximum absolute atomic E-state index is 11.9. The lowest BCUT2D eigenvalue weighted by atomic mass is 10.2. The molecule has 1 aliphatic rings. The largest absolute Gasteiger partial charge is 0.376 e. The monoisotopic (exact) mass is 429 g/mol. The molecule has 2 aromatic heterocycles. The van der Waals surface area contributed by atoms with Gasteiger partial charge in [-0.25, -0.2) is 4.98 Å². The van der Waals surface area contributed by atoms with Gasteiger partial charge in [-0.3, -0.25) is 4.79 Å². The molecular weight excluding hydrogens is 414 g/mol. The van der Waals surface area contributed by atoms with Gasteiger partial charge in [0, 0.05) is 23.8 Å². The minimum atomic E-state index is -0.126. The molecule has 2 N–H and O–H groups in total. The highest BCUT2D eigenvalue weighted by Gasteiger charge is 2.16. The fourth-order valence-electron chi connectivity index (χ4n) is 2.10. The summed E-state index contributed by atoms with van der Waals surface area (Å²) in [5.74, 6) is 0.664. The number of aromatic nitrogens is 3. The normalized spacial score (nSPS) is 17.0. The first-order valence-electron chi connectivity index (χ1n) is 7.42. The Balaban J connectivity index is 1.41. The molecule has 24 heavy (non-hydrogen) atoms. The molecule has 0 aliphatic carbocycles. The molecule has 3 rings (SSSR count). The van der Waals surface area contributed by atoms with Gasteiger partial charge in [-0.05, 0) is 40.9 Å². The Bertz CT molecular complexity index is 676. The Morgan fingerprint density at radius 1 is 1.46 bits per heavy atom. The predicted molar refractivity (Wildman–Crippen MR) is 98.7 cm³/mol. The number of anilines is 2. The maximum atomic E-state index is 11.9. The molecule has 128 valence electrons. The van der Waals surface area contributed by atoms with Crippen molar-refractivity contribution in [3.63, 3.8) is 0 Å². The number of hydrogen-bond donors (Lipinski definition) is 2. The van der Waals surface area contributed by atoms with Crippen LogP contribution in [0.4, 0.5) is 10.9 Å². The third kappa shape index (κ3) is 5.40. The van der Waals surface area contributed by atoms with Crippen LogP contribution in [0.15, 0.2) is 27.1 Å². The van der Waals surface area contributed by atoms with Crippen molar-refractivity contribution >= 4 is 55.9 Å². The number of carbonyl (C=O) groups excluding carboxylic acids is 1. The number of amides is 1. The number of nitrogens with zero attached hydrogens (tertiary/aromatic N) is 3. The van der Waals surface area contributed by atoms with Crippen LogP contribution in [0, 0.1) is 0 Å². The van der Waals surface area contributed by atoms with Crippen molar-refractivity contribution in [3.05, 3.63) is 22.8 Å².